The van der Waals surface area contributed by atoms with E-state index in [0.717, 1.165) is 16.0 Å². The highest BCUT2D eigenvalue weighted by Crippen LogP contribution is 2.26. The van der Waals surface area contributed by atoms with Crippen LogP contribution < -0.4 is 5.73 Å². The molecule has 4 N–H and O–H groups in total. The zero-order valence-corrected chi connectivity index (χ0v) is 10.7. The van der Waals surface area contributed by atoms with E-state index in [1.54, 1.807) is 6.07 Å². The molecule has 0 atom stereocenters. The first kappa shape index (κ1) is 14.7. The van der Waals surface area contributed by atoms with Crippen molar-refractivity contribution < 1.29 is 24.6 Å². The van der Waals surface area contributed by atoms with E-state index in [2.05, 4.69) is 5.73 Å². The summed E-state index contributed by atoms with van der Waals surface area (Å²) in [6.07, 6.45) is 0. The van der Waals surface area contributed by atoms with Gasteiger partial charge in [0.1, 0.15) is 4.88 Å². The number of nitrogens with two attached hydrogens (primary N) is 1. The monoisotopic (exact) mass is 281 g/mol. The van der Waals surface area contributed by atoms with Crippen molar-refractivity contribution in [1.29, 1.82) is 0 Å². The molecule has 0 saturated carbocycles. The summed E-state index contributed by atoms with van der Waals surface area (Å²) >= 11 is 1.13. The molecule has 1 amide bonds. The third-order valence-electron chi connectivity index (χ3n) is 1.97. The van der Waals surface area contributed by atoms with Gasteiger partial charge in [-0.15, -0.1) is 11.3 Å². The van der Waals surface area contributed by atoms with Gasteiger partial charge in [-0.2, -0.15) is 0 Å². The maximum atomic E-state index is 10.7. The molecular formula is C12H11NO5S. The standard InChI is InChI=1S/C10H6O4S.C2H5NO/c11-9(12)5-1-2-7-6(3-5)4-8(15-7)10(13)14;1-2(3)4/h1-4H,(H,11,12)(H,13,14);1H3,(H2,3,4). The lowest BCUT2D eigenvalue weighted by molar-refractivity contribution is -0.115. The Bertz CT molecular complexity index is 631. The Kier molecular flexibility index (Phi) is 4.60. The molecule has 0 aliphatic carbocycles. The van der Waals surface area contributed by atoms with Crippen molar-refractivity contribution in [1.82, 2.24) is 0 Å². The van der Waals surface area contributed by atoms with Gasteiger partial charge in [0, 0.05) is 11.6 Å². The number of hydrogen-bond acceptors (Lipinski definition) is 4. The van der Waals surface area contributed by atoms with Gasteiger partial charge < -0.3 is 15.9 Å². The second-order valence-electron chi connectivity index (χ2n) is 3.58. The van der Waals surface area contributed by atoms with Gasteiger partial charge in [-0.3, -0.25) is 4.79 Å². The van der Waals surface area contributed by atoms with Gasteiger partial charge in [0.15, 0.2) is 0 Å². The van der Waals surface area contributed by atoms with E-state index in [1.807, 2.05) is 0 Å². The van der Waals surface area contributed by atoms with Crippen LogP contribution in [0.1, 0.15) is 27.0 Å². The summed E-state index contributed by atoms with van der Waals surface area (Å²) in [6.45, 7) is 1.31. The molecule has 2 aromatic rings. The Hall–Kier alpha value is -2.41. The van der Waals surface area contributed by atoms with Gasteiger partial charge in [-0.25, -0.2) is 9.59 Å². The number of aromatic carboxylic acids is 2. The van der Waals surface area contributed by atoms with Crippen LogP contribution in [0.15, 0.2) is 24.3 Å². The van der Waals surface area contributed by atoms with Crippen LogP contribution in [0.25, 0.3) is 10.1 Å². The third-order valence-corrected chi connectivity index (χ3v) is 3.08. The summed E-state index contributed by atoms with van der Waals surface area (Å²) in [5.41, 5.74) is 4.64. The maximum absolute atomic E-state index is 10.7. The summed E-state index contributed by atoms with van der Waals surface area (Å²) in [5.74, 6) is -2.34. The number of hydrogen-bond donors (Lipinski definition) is 3. The van der Waals surface area contributed by atoms with Crippen molar-refractivity contribution in [2.75, 3.05) is 0 Å². The van der Waals surface area contributed by atoms with Crippen LogP contribution in [-0.2, 0) is 4.79 Å². The van der Waals surface area contributed by atoms with Crippen molar-refractivity contribution in [3.8, 4) is 0 Å². The van der Waals surface area contributed by atoms with Gasteiger partial charge in [0.05, 0.1) is 5.56 Å². The van der Waals surface area contributed by atoms with Crippen LogP contribution in [0, 0.1) is 0 Å². The van der Waals surface area contributed by atoms with Crippen LogP contribution >= 0.6 is 11.3 Å². The lowest BCUT2D eigenvalue weighted by atomic mass is 10.1. The Morgan fingerprint density at radius 2 is 1.68 bits per heavy atom. The number of fused-ring (bicyclic) bond motifs is 1. The SMILES string of the molecule is CC(N)=O.O=C(O)c1ccc2sc(C(=O)O)cc2c1. The van der Waals surface area contributed by atoms with E-state index in [1.165, 1.54) is 25.1 Å². The quantitative estimate of drug-likeness (QED) is 0.775. The number of carbonyl (C=O) groups excluding carboxylic acids is 1. The normalized spacial score (nSPS) is 9.53. The molecule has 0 spiro atoms. The molecule has 7 heteroatoms. The molecule has 0 bridgehead atoms. The van der Waals surface area contributed by atoms with Crippen molar-refractivity contribution in [3.63, 3.8) is 0 Å². The molecule has 0 aliphatic rings. The van der Waals surface area contributed by atoms with E-state index in [0.29, 0.717) is 5.39 Å². The molecule has 0 saturated heterocycles. The molecule has 19 heavy (non-hydrogen) atoms. The highest BCUT2D eigenvalue weighted by Gasteiger charge is 2.10. The van der Waals surface area contributed by atoms with Crippen molar-refractivity contribution in [2.45, 2.75) is 6.92 Å². The summed E-state index contributed by atoms with van der Waals surface area (Å²) in [4.78, 5) is 30.8. The summed E-state index contributed by atoms with van der Waals surface area (Å²) < 4.78 is 0.775. The largest absolute Gasteiger partial charge is 0.478 e. The highest BCUT2D eigenvalue weighted by atomic mass is 32.1. The number of rotatable bonds is 2. The van der Waals surface area contributed by atoms with Gasteiger partial charge in [-0.05, 0) is 29.7 Å². The van der Waals surface area contributed by atoms with E-state index in [-0.39, 0.29) is 16.3 Å². The zero-order chi connectivity index (χ0) is 14.6. The Labute approximate surface area is 112 Å². The molecule has 1 aromatic carbocycles. The molecule has 2 rings (SSSR count). The Morgan fingerprint density at radius 1 is 1.11 bits per heavy atom. The fraction of sp³-hybridized carbons (Fsp3) is 0.0833. The topological polar surface area (TPSA) is 118 Å². The second-order valence-corrected chi connectivity index (χ2v) is 4.67. The van der Waals surface area contributed by atoms with Gasteiger partial charge in [-0.1, -0.05) is 0 Å². The predicted octanol–water partition coefficient (Wildman–Crippen LogP) is 1.79. The van der Waals surface area contributed by atoms with Crippen LogP contribution in [0.3, 0.4) is 0 Å². The number of carbonyl (C=O) groups is 3. The van der Waals surface area contributed by atoms with Crippen LogP contribution in [0.2, 0.25) is 0 Å². The van der Waals surface area contributed by atoms with E-state index in [4.69, 9.17) is 10.2 Å². The zero-order valence-electron chi connectivity index (χ0n) is 9.91. The number of carboxylic acid groups (broad SMARTS) is 2. The van der Waals surface area contributed by atoms with E-state index >= 15 is 0 Å². The number of thiophene rings is 1. The maximum Gasteiger partial charge on any atom is 0.345 e. The lowest BCUT2D eigenvalue weighted by Gasteiger charge is -1.92. The minimum Gasteiger partial charge on any atom is -0.478 e. The van der Waals surface area contributed by atoms with E-state index in [9.17, 15) is 14.4 Å². The molecular weight excluding hydrogens is 270 g/mol. The minimum absolute atomic E-state index is 0.164. The third kappa shape index (κ3) is 4.07. The van der Waals surface area contributed by atoms with E-state index < -0.39 is 11.9 Å². The average molecular weight is 281 g/mol. The van der Waals surface area contributed by atoms with Gasteiger partial charge in [0.25, 0.3) is 0 Å². The molecule has 0 aliphatic heterocycles. The smallest absolute Gasteiger partial charge is 0.345 e. The summed E-state index contributed by atoms with van der Waals surface area (Å²) in [5, 5.41) is 18.2. The molecule has 1 aromatic heterocycles. The molecule has 0 unspecified atom stereocenters. The number of benzene rings is 1. The first-order chi connectivity index (χ1) is 8.81. The molecule has 0 fully saturated rings. The summed E-state index contributed by atoms with van der Waals surface area (Å²) in [7, 11) is 0. The molecule has 1 heterocycles. The fourth-order valence-corrected chi connectivity index (χ4v) is 2.16. The van der Waals surface area contributed by atoms with Crippen LogP contribution in [0.4, 0.5) is 0 Å². The molecule has 100 valence electrons. The van der Waals surface area contributed by atoms with Crippen LogP contribution in [-0.4, -0.2) is 28.1 Å². The van der Waals surface area contributed by atoms with Gasteiger partial charge in [0.2, 0.25) is 5.91 Å². The first-order valence-corrected chi connectivity index (χ1v) is 5.89. The Balaban J connectivity index is 0.000000399. The van der Waals surface area contributed by atoms with Crippen molar-refractivity contribution in [2.24, 2.45) is 5.73 Å². The van der Waals surface area contributed by atoms with Crippen molar-refractivity contribution >= 4 is 39.3 Å². The van der Waals surface area contributed by atoms with Crippen LogP contribution in [0.5, 0.6) is 0 Å². The number of amides is 1. The molecule has 6 nitrogen and oxygen atoms in total. The molecule has 0 radical (unpaired) electrons. The lowest BCUT2D eigenvalue weighted by Crippen LogP contribution is -2.01. The average Bonchev–Trinajstić information content (AvgIpc) is 2.70. The minimum atomic E-state index is -1.01. The second kappa shape index (κ2) is 5.96. The van der Waals surface area contributed by atoms with Crippen molar-refractivity contribution in [3.05, 3.63) is 34.7 Å². The number of carboxylic acids is 2. The highest BCUT2D eigenvalue weighted by molar-refractivity contribution is 7.20. The van der Waals surface area contributed by atoms with Gasteiger partial charge >= 0.3 is 11.9 Å². The fourth-order valence-electron chi connectivity index (χ4n) is 1.28. The first-order valence-electron chi connectivity index (χ1n) is 5.07. The Morgan fingerprint density at radius 3 is 2.16 bits per heavy atom. The predicted molar refractivity (Wildman–Crippen MR) is 70.6 cm³/mol. The number of primary amides is 1. The summed E-state index contributed by atoms with van der Waals surface area (Å²) in [6, 6.07) is 6.04.